The Kier molecular flexibility index (Phi) is 2.70. The molecule has 2 aromatic rings. The smallest absolute Gasteiger partial charge is 0.407 e. The number of rotatable bonds is 1. The van der Waals surface area contributed by atoms with Gasteiger partial charge in [-0.1, -0.05) is 0 Å². The van der Waals surface area contributed by atoms with Gasteiger partial charge in [-0.25, -0.2) is 14.2 Å². The van der Waals surface area contributed by atoms with Gasteiger partial charge in [0.15, 0.2) is 0 Å². The highest BCUT2D eigenvalue weighted by Crippen LogP contribution is 2.21. The van der Waals surface area contributed by atoms with Crippen LogP contribution in [0.4, 0.5) is 9.18 Å². The van der Waals surface area contributed by atoms with Crippen LogP contribution in [0.3, 0.4) is 0 Å². The lowest BCUT2D eigenvalue weighted by Crippen LogP contribution is -2.37. The summed E-state index contributed by atoms with van der Waals surface area (Å²) in [7, 11) is 0. The van der Waals surface area contributed by atoms with Crippen LogP contribution in [0, 0.1) is 5.82 Å². The van der Waals surface area contributed by atoms with E-state index in [0.717, 1.165) is 11.3 Å². The molecule has 0 fully saturated rings. The van der Waals surface area contributed by atoms with E-state index in [1.165, 1.54) is 17.0 Å². The molecular formula is C13H12FN3O2. The van der Waals surface area contributed by atoms with E-state index in [1.54, 1.807) is 12.1 Å². The minimum absolute atomic E-state index is 0.287. The third kappa shape index (κ3) is 2.16. The second-order valence-corrected chi connectivity index (χ2v) is 4.45. The van der Waals surface area contributed by atoms with Gasteiger partial charge in [-0.05, 0) is 24.3 Å². The van der Waals surface area contributed by atoms with Crippen molar-refractivity contribution in [3.63, 3.8) is 0 Å². The Labute approximate surface area is 108 Å². The maximum absolute atomic E-state index is 12.9. The van der Waals surface area contributed by atoms with Crippen molar-refractivity contribution in [2.24, 2.45) is 0 Å². The van der Waals surface area contributed by atoms with Crippen LogP contribution in [0.25, 0.3) is 11.3 Å². The standard InChI is InChI=1S/C13H12FN3O2/c14-10-3-1-9(2-4-10)11-7-16-5-6-17(13(18)19)8-12(16)15-11/h1-4,7H,5-6,8H2,(H,18,19). The largest absolute Gasteiger partial charge is 0.465 e. The minimum Gasteiger partial charge on any atom is -0.465 e. The first-order chi connectivity index (χ1) is 9.13. The van der Waals surface area contributed by atoms with Gasteiger partial charge in [0.2, 0.25) is 0 Å². The van der Waals surface area contributed by atoms with Gasteiger partial charge >= 0.3 is 6.09 Å². The Bertz CT molecular complexity index is 621. The van der Waals surface area contributed by atoms with Crippen molar-refractivity contribution in [2.75, 3.05) is 6.54 Å². The molecule has 1 aromatic carbocycles. The molecule has 98 valence electrons. The SMILES string of the molecule is O=C(O)N1CCn2cc(-c3ccc(F)cc3)nc2C1. The van der Waals surface area contributed by atoms with E-state index < -0.39 is 6.09 Å². The van der Waals surface area contributed by atoms with Crippen LogP contribution in [0.2, 0.25) is 0 Å². The molecule has 0 atom stereocenters. The van der Waals surface area contributed by atoms with E-state index in [1.807, 2.05) is 10.8 Å². The van der Waals surface area contributed by atoms with Crippen LogP contribution in [0.1, 0.15) is 5.82 Å². The van der Waals surface area contributed by atoms with Crippen molar-refractivity contribution >= 4 is 6.09 Å². The number of carboxylic acid groups (broad SMARTS) is 1. The Morgan fingerprint density at radius 1 is 1.26 bits per heavy atom. The summed E-state index contributed by atoms with van der Waals surface area (Å²) in [6, 6.07) is 6.10. The van der Waals surface area contributed by atoms with Crippen molar-refractivity contribution < 1.29 is 14.3 Å². The quantitative estimate of drug-likeness (QED) is 0.856. The van der Waals surface area contributed by atoms with Gasteiger partial charge in [-0.3, -0.25) is 4.90 Å². The van der Waals surface area contributed by atoms with Crippen molar-refractivity contribution in [2.45, 2.75) is 13.1 Å². The highest BCUT2D eigenvalue weighted by atomic mass is 19.1. The Balaban J connectivity index is 1.91. The molecule has 19 heavy (non-hydrogen) atoms. The molecule has 1 aliphatic rings. The van der Waals surface area contributed by atoms with Gasteiger partial charge in [0, 0.05) is 24.8 Å². The molecule has 5 nitrogen and oxygen atoms in total. The van der Waals surface area contributed by atoms with Crippen LogP contribution in [-0.4, -0.2) is 32.2 Å². The van der Waals surface area contributed by atoms with Crippen molar-refractivity contribution in [3.8, 4) is 11.3 Å². The molecule has 1 aliphatic heterocycles. The van der Waals surface area contributed by atoms with Crippen molar-refractivity contribution in [3.05, 3.63) is 42.1 Å². The van der Waals surface area contributed by atoms with Gasteiger partial charge < -0.3 is 9.67 Å². The summed E-state index contributed by atoms with van der Waals surface area (Å²) < 4.78 is 14.8. The van der Waals surface area contributed by atoms with Gasteiger partial charge in [0.1, 0.15) is 11.6 Å². The molecule has 6 heteroatoms. The molecule has 1 N–H and O–H groups in total. The van der Waals surface area contributed by atoms with E-state index in [4.69, 9.17) is 5.11 Å². The Morgan fingerprint density at radius 3 is 2.68 bits per heavy atom. The summed E-state index contributed by atoms with van der Waals surface area (Å²) in [5, 5.41) is 8.97. The molecule has 0 aliphatic carbocycles. The number of fused-ring (bicyclic) bond motifs is 1. The topological polar surface area (TPSA) is 58.4 Å². The van der Waals surface area contributed by atoms with Gasteiger partial charge in [0.25, 0.3) is 0 Å². The first-order valence-corrected chi connectivity index (χ1v) is 5.93. The second kappa shape index (κ2) is 4.38. The normalized spacial score (nSPS) is 14.3. The molecule has 1 amide bonds. The minimum atomic E-state index is -0.933. The number of hydrogen-bond donors (Lipinski definition) is 1. The lowest BCUT2D eigenvalue weighted by molar-refractivity contribution is 0.131. The van der Waals surface area contributed by atoms with E-state index >= 15 is 0 Å². The fraction of sp³-hybridized carbons (Fsp3) is 0.231. The van der Waals surface area contributed by atoms with Crippen LogP contribution < -0.4 is 0 Å². The number of nitrogens with zero attached hydrogens (tertiary/aromatic N) is 3. The van der Waals surface area contributed by atoms with Crippen LogP contribution in [0.5, 0.6) is 0 Å². The average molecular weight is 261 g/mol. The number of imidazole rings is 1. The predicted molar refractivity (Wildman–Crippen MR) is 66.1 cm³/mol. The Hall–Kier alpha value is -2.37. The number of carbonyl (C=O) groups is 1. The van der Waals surface area contributed by atoms with Gasteiger partial charge in [-0.15, -0.1) is 0 Å². The van der Waals surface area contributed by atoms with Crippen molar-refractivity contribution in [1.29, 1.82) is 0 Å². The summed E-state index contributed by atoms with van der Waals surface area (Å²) >= 11 is 0. The summed E-state index contributed by atoms with van der Waals surface area (Å²) in [6.45, 7) is 1.34. The lowest BCUT2D eigenvalue weighted by atomic mass is 10.2. The fourth-order valence-corrected chi connectivity index (χ4v) is 2.18. The second-order valence-electron chi connectivity index (χ2n) is 4.45. The highest BCUT2D eigenvalue weighted by molar-refractivity contribution is 5.65. The van der Waals surface area contributed by atoms with E-state index in [9.17, 15) is 9.18 Å². The summed E-state index contributed by atoms with van der Waals surface area (Å²) in [5.41, 5.74) is 1.56. The highest BCUT2D eigenvalue weighted by Gasteiger charge is 2.22. The first-order valence-electron chi connectivity index (χ1n) is 5.93. The Morgan fingerprint density at radius 2 is 2.00 bits per heavy atom. The van der Waals surface area contributed by atoms with Crippen LogP contribution in [0.15, 0.2) is 30.5 Å². The van der Waals surface area contributed by atoms with Gasteiger partial charge in [0.05, 0.1) is 12.2 Å². The average Bonchev–Trinajstić information content (AvgIpc) is 2.82. The predicted octanol–water partition coefficient (Wildman–Crippen LogP) is 2.18. The molecule has 1 aromatic heterocycles. The molecule has 0 radical (unpaired) electrons. The number of benzene rings is 1. The number of hydrogen-bond acceptors (Lipinski definition) is 2. The third-order valence-corrected chi connectivity index (χ3v) is 3.21. The molecular weight excluding hydrogens is 249 g/mol. The zero-order chi connectivity index (χ0) is 13.4. The lowest BCUT2D eigenvalue weighted by Gasteiger charge is -2.24. The summed E-state index contributed by atoms with van der Waals surface area (Å²) in [6.07, 6.45) is 0.944. The molecule has 0 bridgehead atoms. The molecule has 0 saturated heterocycles. The molecule has 0 unspecified atom stereocenters. The van der Waals surface area contributed by atoms with E-state index in [-0.39, 0.29) is 12.4 Å². The monoisotopic (exact) mass is 261 g/mol. The molecule has 0 saturated carbocycles. The van der Waals surface area contributed by atoms with Crippen molar-refractivity contribution in [1.82, 2.24) is 14.5 Å². The zero-order valence-corrected chi connectivity index (χ0v) is 10.1. The number of amides is 1. The number of aromatic nitrogens is 2. The van der Waals surface area contributed by atoms with E-state index in [0.29, 0.717) is 18.9 Å². The van der Waals surface area contributed by atoms with Crippen LogP contribution >= 0.6 is 0 Å². The first kappa shape index (κ1) is 11.7. The summed E-state index contributed by atoms with van der Waals surface area (Å²) in [5.74, 6) is 0.428. The number of halogens is 1. The fourth-order valence-electron chi connectivity index (χ4n) is 2.18. The van der Waals surface area contributed by atoms with Crippen LogP contribution in [-0.2, 0) is 13.1 Å². The maximum atomic E-state index is 12.9. The molecule has 0 spiro atoms. The third-order valence-electron chi connectivity index (χ3n) is 3.21. The molecule has 3 rings (SSSR count). The maximum Gasteiger partial charge on any atom is 0.407 e. The molecule has 2 heterocycles. The van der Waals surface area contributed by atoms with E-state index in [2.05, 4.69) is 4.98 Å². The van der Waals surface area contributed by atoms with Gasteiger partial charge in [-0.2, -0.15) is 0 Å². The summed E-state index contributed by atoms with van der Waals surface area (Å²) in [4.78, 5) is 16.7. The zero-order valence-electron chi connectivity index (χ0n) is 10.1.